The molecule has 4 nitrogen and oxygen atoms in total. The molecule has 116 valence electrons. The number of rotatable bonds is 8. The molecule has 1 aliphatic rings. The number of hydrogen-bond donors (Lipinski definition) is 1. The topological polar surface area (TPSA) is 39.7 Å². The van der Waals surface area contributed by atoms with Crippen molar-refractivity contribution in [1.29, 1.82) is 0 Å². The Hall–Kier alpha value is -1.68. The number of ether oxygens (including phenoxy) is 3. The van der Waals surface area contributed by atoms with Gasteiger partial charge in [-0.3, -0.25) is 0 Å². The predicted molar refractivity (Wildman–Crippen MR) is 85.4 cm³/mol. The van der Waals surface area contributed by atoms with Crippen molar-refractivity contribution in [2.24, 2.45) is 0 Å². The van der Waals surface area contributed by atoms with Gasteiger partial charge in [0.2, 0.25) is 0 Å². The van der Waals surface area contributed by atoms with E-state index in [0.29, 0.717) is 6.04 Å². The highest BCUT2D eigenvalue weighted by Gasteiger charge is 2.20. The second kappa shape index (κ2) is 7.36. The summed E-state index contributed by atoms with van der Waals surface area (Å²) >= 11 is 0. The van der Waals surface area contributed by atoms with Crippen molar-refractivity contribution in [3.8, 4) is 17.2 Å². The molecule has 1 aromatic carbocycles. The minimum absolute atomic E-state index is 0.708. The van der Waals surface area contributed by atoms with E-state index in [1.165, 1.54) is 18.4 Å². The van der Waals surface area contributed by atoms with Gasteiger partial charge in [0.25, 0.3) is 0 Å². The summed E-state index contributed by atoms with van der Waals surface area (Å²) in [7, 11) is 4.97. The van der Waals surface area contributed by atoms with Crippen LogP contribution in [0, 0.1) is 0 Å². The lowest BCUT2D eigenvalue weighted by molar-refractivity contribution is 0.374. The highest BCUT2D eigenvalue weighted by molar-refractivity contribution is 5.68. The Labute approximate surface area is 127 Å². The van der Waals surface area contributed by atoms with E-state index in [1.54, 1.807) is 21.3 Å². The van der Waals surface area contributed by atoms with Gasteiger partial charge in [-0.2, -0.15) is 0 Å². The van der Waals surface area contributed by atoms with Crippen LogP contribution in [0.25, 0.3) is 6.08 Å². The van der Waals surface area contributed by atoms with E-state index in [0.717, 1.165) is 35.8 Å². The molecule has 0 saturated heterocycles. The SMILES string of the molecule is CCC(=Cc1c(OC)cc(OC)cc1OC)CNC1CC1. The van der Waals surface area contributed by atoms with Crippen LogP contribution in [-0.2, 0) is 0 Å². The van der Waals surface area contributed by atoms with Gasteiger partial charge >= 0.3 is 0 Å². The molecule has 0 heterocycles. The minimum atomic E-state index is 0.708. The van der Waals surface area contributed by atoms with Crippen molar-refractivity contribution in [3.05, 3.63) is 23.3 Å². The summed E-state index contributed by atoms with van der Waals surface area (Å²) in [6.07, 6.45) is 5.75. The third-order valence-electron chi connectivity index (χ3n) is 3.75. The first kappa shape index (κ1) is 15.7. The first-order chi connectivity index (χ1) is 10.2. The Morgan fingerprint density at radius 2 is 1.76 bits per heavy atom. The number of hydrogen-bond acceptors (Lipinski definition) is 4. The molecular formula is C17H25NO3. The molecule has 1 aliphatic carbocycles. The largest absolute Gasteiger partial charge is 0.496 e. The Kier molecular flexibility index (Phi) is 5.51. The first-order valence-electron chi connectivity index (χ1n) is 7.44. The third-order valence-corrected chi connectivity index (χ3v) is 3.75. The van der Waals surface area contributed by atoms with Gasteiger partial charge in [-0.05, 0) is 25.3 Å². The predicted octanol–water partition coefficient (Wildman–Crippen LogP) is 3.26. The molecule has 0 aliphatic heterocycles. The molecular weight excluding hydrogens is 266 g/mol. The fraction of sp³-hybridized carbons (Fsp3) is 0.529. The molecule has 1 N–H and O–H groups in total. The molecule has 0 unspecified atom stereocenters. The average molecular weight is 291 g/mol. The van der Waals surface area contributed by atoms with Gasteiger partial charge in [0.15, 0.2) is 0 Å². The van der Waals surface area contributed by atoms with Crippen LogP contribution in [0.2, 0.25) is 0 Å². The molecule has 1 saturated carbocycles. The lowest BCUT2D eigenvalue weighted by Gasteiger charge is -2.14. The van der Waals surface area contributed by atoms with Gasteiger partial charge in [0.05, 0.1) is 26.9 Å². The quantitative estimate of drug-likeness (QED) is 0.798. The molecule has 0 spiro atoms. The maximum atomic E-state index is 5.49. The second-order valence-corrected chi connectivity index (χ2v) is 5.26. The summed E-state index contributed by atoms with van der Waals surface area (Å²) in [5.41, 5.74) is 2.30. The average Bonchev–Trinajstić information content (AvgIpc) is 3.35. The zero-order chi connectivity index (χ0) is 15.2. The van der Waals surface area contributed by atoms with Crippen LogP contribution in [0.1, 0.15) is 31.7 Å². The van der Waals surface area contributed by atoms with Crippen LogP contribution < -0.4 is 19.5 Å². The van der Waals surface area contributed by atoms with Gasteiger partial charge in [-0.1, -0.05) is 12.5 Å². The zero-order valence-electron chi connectivity index (χ0n) is 13.4. The van der Waals surface area contributed by atoms with E-state index in [1.807, 2.05) is 12.1 Å². The summed E-state index contributed by atoms with van der Waals surface area (Å²) in [5.74, 6) is 2.27. The van der Waals surface area contributed by atoms with E-state index in [4.69, 9.17) is 14.2 Å². The monoisotopic (exact) mass is 291 g/mol. The fourth-order valence-electron chi connectivity index (χ4n) is 2.22. The van der Waals surface area contributed by atoms with Crippen molar-refractivity contribution in [1.82, 2.24) is 5.32 Å². The van der Waals surface area contributed by atoms with Crippen LogP contribution in [-0.4, -0.2) is 33.9 Å². The standard InChI is InChI=1S/C17H25NO3/c1-5-12(11-18-13-6-7-13)8-15-16(20-3)9-14(19-2)10-17(15)21-4/h8-10,13,18H,5-7,11H2,1-4H3. The molecule has 0 bridgehead atoms. The summed E-state index contributed by atoms with van der Waals surface area (Å²) < 4.78 is 16.3. The molecule has 0 aromatic heterocycles. The summed E-state index contributed by atoms with van der Waals surface area (Å²) in [6, 6.07) is 4.48. The number of benzene rings is 1. The third kappa shape index (κ3) is 4.14. The summed E-state index contributed by atoms with van der Waals surface area (Å²) in [5, 5.41) is 3.55. The molecule has 0 radical (unpaired) electrons. The van der Waals surface area contributed by atoms with Crippen LogP contribution in [0.4, 0.5) is 0 Å². The molecule has 0 amide bonds. The lowest BCUT2D eigenvalue weighted by Crippen LogP contribution is -2.19. The van der Waals surface area contributed by atoms with Crippen LogP contribution in [0.15, 0.2) is 17.7 Å². The highest BCUT2D eigenvalue weighted by atomic mass is 16.5. The lowest BCUT2D eigenvalue weighted by atomic mass is 10.1. The number of nitrogens with one attached hydrogen (secondary N) is 1. The molecule has 2 rings (SSSR count). The molecule has 1 aromatic rings. The van der Waals surface area contributed by atoms with E-state index in [2.05, 4.69) is 18.3 Å². The molecule has 21 heavy (non-hydrogen) atoms. The van der Waals surface area contributed by atoms with Gasteiger partial charge in [0, 0.05) is 24.7 Å². The minimum Gasteiger partial charge on any atom is -0.496 e. The number of methoxy groups -OCH3 is 3. The van der Waals surface area contributed by atoms with E-state index >= 15 is 0 Å². The van der Waals surface area contributed by atoms with Crippen molar-refractivity contribution in [2.45, 2.75) is 32.2 Å². The van der Waals surface area contributed by atoms with Crippen LogP contribution in [0.5, 0.6) is 17.2 Å². The van der Waals surface area contributed by atoms with Gasteiger partial charge in [-0.15, -0.1) is 0 Å². The van der Waals surface area contributed by atoms with Crippen molar-refractivity contribution < 1.29 is 14.2 Å². The Balaban J connectivity index is 2.29. The zero-order valence-corrected chi connectivity index (χ0v) is 13.4. The maximum absolute atomic E-state index is 5.49. The van der Waals surface area contributed by atoms with Gasteiger partial charge in [0.1, 0.15) is 17.2 Å². The van der Waals surface area contributed by atoms with Crippen molar-refractivity contribution >= 4 is 6.08 Å². The Bertz CT molecular complexity index is 482. The van der Waals surface area contributed by atoms with Gasteiger partial charge < -0.3 is 19.5 Å². The van der Waals surface area contributed by atoms with Crippen molar-refractivity contribution in [2.75, 3.05) is 27.9 Å². The molecule has 1 fully saturated rings. The first-order valence-corrected chi connectivity index (χ1v) is 7.44. The highest BCUT2D eigenvalue weighted by Crippen LogP contribution is 2.36. The Morgan fingerprint density at radius 1 is 1.14 bits per heavy atom. The molecule has 4 heteroatoms. The van der Waals surface area contributed by atoms with Crippen LogP contribution in [0.3, 0.4) is 0 Å². The fourth-order valence-corrected chi connectivity index (χ4v) is 2.22. The van der Waals surface area contributed by atoms with E-state index in [9.17, 15) is 0 Å². The molecule has 0 atom stereocenters. The van der Waals surface area contributed by atoms with Crippen LogP contribution >= 0.6 is 0 Å². The smallest absolute Gasteiger partial charge is 0.133 e. The second-order valence-electron chi connectivity index (χ2n) is 5.26. The summed E-state index contributed by atoms with van der Waals surface area (Å²) in [4.78, 5) is 0. The van der Waals surface area contributed by atoms with E-state index < -0.39 is 0 Å². The summed E-state index contributed by atoms with van der Waals surface area (Å²) in [6.45, 7) is 3.09. The normalized spacial score (nSPS) is 15.0. The Morgan fingerprint density at radius 3 is 2.19 bits per heavy atom. The van der Waals surface area contributed by atoms with Gasteiger partial charge in [-0.25, -0.2) is 0 Å². The van der Waals surface area contributed by atoms with E-state index in [-0.39, 0.29) is 0 Å². The maximum Gasteiger partial charge on any atom is 0.133 e. The van der Waals surface area contributed by atoms with Crippen molar-refractivity contribution in [3.63, 3.8) is 0 Å².